The highest BCUT2D eigenvalue weighted by Crippen LogP contribution is 2.41. The Hall–Kier alpha value is -0.830. The van der Waals surface area contributed by atoms with E-state index in [0.717, 1.165) is 31.5 Å². The third kappa shape index (κ3) is 3.54. The maximum atomic E-state index is 12.9. The molecule has 2 aliphatic rings. The SMILES string of the molecule is CCN[C@H]1CC[C@@H]2CN(S(=O)(=O)c3ccc(C(F)(F)F)cc3Cl)C[C@@H]21. The molecular weight excluding hydrogens is 377 g/mol. The number of hydrogen-bond acceptors (Lipinski definition) is 3. The van der Waals surface area contributed by atoms with Gasteiger partial charge in [0.1, 0.15) is 4.90 Å². The molecule has 1 N–H and O–H groups in total. The fourth-order valence-corrected chi connectivity index (χ4v) is 6.01. The van der Waals surface area contributed by atoms with Crippen LogP contribution in [0.5, 0.6) is 0 Å². The summed E-state index contributed by atoms with van der Waals surface area (Å²) in [4.78, 5) is -0.262. The Labute approximate surface area is 150 Å². The minimum Gasteiger partial charge on any atom is -0.314 e. The number of halogens is 4. The summed E-state index contributed by atoms with van der Waals surface area (Å²) in [6, 6.07) is 2.68. The summed E-state index contributed by atoms with van der Waals surface area (Å²) in [5, 5.41) is 3.00. The van der Waals surface area contributed by atoms with Gasteiger partial charge in [0.05, 0.1) is 10.6 Å². The van der Waals surface area contributed by atoms with Gasteiger partial charge in [-0.05, 0) is 49.4 Å². The van der Waals surface area contributed by atoms with Crippen LogP contribution in [0, 0.1) is 11.8 Å². The molecule has 1 aliphatic heterocycles. The fraction of sp³-hybridized carbons (Fsp3) is 0.625. The van der Waals surface area contributed by atoms with Crippen LogP contribution in [-0.4, -0.2) is 38.4 Å². The summed E-state index contributed by atoms with van der Waals surface area (Å²) >= 11 is 5.88. The van der Waals surface area contributed by atoms with Crippen LogP contribution >= 0.6 is 11.6 Å². The quantitative estimate of drug-likeness (QED) is 0.849. The molecule has 0 aromatic heterocycles. The lowest BCUT2D eigenvalue weighted by molar-refractivity contribution is -0.137. The molecule has 4 nitrogen and oxygen atoms in total. The first kappa shape index (κ1) is 18.9. The molecule has 2 fully saturated rings. The van der Waals surface area contributed by atoms with Gasteiger partial charge in [-0.25, -0.2) is 8.42 Å². The molecule has 0 unspecified atom stereocenters. The standard InChI is InChI=1S/C16H20ClF3N2O2S/c1-2-21-14-5-3-10-8-22(9-12(10)14)25(23,24)15-6-4-11(7-13(15)17)16(18,19)20/h4,6-7,10,12,14,21H,2-3,5,8-9H2,1H3/t10-,12+,14+/m1/s1. The Bertz CT molecular complexity index is 752. The van der Waals surface area contributed by atoms with Crippen molar-refractivity contribution < 1.29 is 21.6 Å². The number of alkyl halides is 3. The zero-order chi connectivity index (χ0) is 18.4. The van der Waals surface area contributed by atoms with Crippen LogP contribution < -0.4 is 5.32 Å². The molecule has 1 aliphatic carbocycles. The Morgan fingerprint density at radius 2 is 2.00 bits per heavy atom. The van der Waals surface area contributed by atoms with E-state index >= 15 is 0 Å². The van der Waals surface area contributed by atoms with E-state index in [1.807, 2.05) is 6.92 Å². The van der Waals surface area contributed by atoms with Gasteiger partial charge in [-0.2, -0.15) is 17.5 Å². The Morgan fingerprint density at radius 3 is 2.60 bits per heavy atom. The Morgan fingerprint density at radius 1 is 1.28 bits per heavy atom. The zero-order valence-corrected chi connectivity index (χ0v) is 15.3. The van der Waals surface area contributed by atoms with Gasteiger partial charge in [0.15, 0.2) is 0 Å². The lowest BCUT2D eigenvalue weighted by atomic mass is 9.98. The number of benzene rings is 1. The summed E-state index contributed by atoms with van der Waals surface area (Å²) in [6.45, 7) is 3.61. The second kappa shape index (κ2) is 6.72. The summed E-state index contributed by atoms with van der Waals surface area (Å²) < 4.78 is 65.3. The van der Waals surface area contributed by atoms with E-state index in [1.54, 1.807) is 0 Å². The van der Waals surface area contributed by atoms with Gasteiger partial charge in [-0.15, -0.1) is 0 Å². The fourth-order valence-electron chi connectivity index (χ4n) is 3.96. The average molecular weight is 397 g/mol. The van der Waals surface area contributed by atoms with Gasteiger partial charge in [-0.1, -0.05) is 18.5 Å². The smallest absolute Gasteiger partial charge is 0.314 e. The number of sulfonamides is 1. The monoisotopic (exact) mass is 396 g/mol. The molecule has 1 aromatic rings. The number of nitrogens with one attached hydrogen (secondary N) is 1. The van der Waals surface area contributed by atoms with Gasteiger partial charge in [0, 0.05) is 19.1 Å². The lowest BCUT2D eigenvalue weighted by Gasteiger charge is -2.21. The summed E-state index contributed by atoms with van der Waals surface area (Å²) in [5.41, 5.74) is -0.957. The lowest BCUT2D eigenvalue weighted by Crippen LogP contribution is -2.37. The second-order valence-electron chi connectivity index (χ2n) is 6.63. The molecule has 9 heteroatoms. The van der Waals surface area contributed by atoms with Crippen molar-refractivity contribution in [3.8, 4) is 0 Å². The molecule has 25 heavy (non-hydrogen) atoms. The largest absolute Gasteiger partial charge is 0.416 e. The van der Waals surface area contributed by atoms with Crippen molar-refractivity contribution in [3.05, 3.63) is 28.8 Å². The number of nitrogens with zero attached hydrogens (tertiary/aromatic N) is 1. The molecule has 0 spiro atoms. The first-order valence-electron chi connectivity index (χ1n) is 8.25. The van der Waals surface area contributed by atoms with E-state index in [9.17, 15) is 21.6 Å². The predicted octanol–water partition coefficient (Wildman–Crippen LogP) is 3.37. The molecule has 3 rings (SSSR count). The van der Waals surface area contributed by atoms with E-state index in [1.165, 1.54) is 4.31 Å². The normalized spacial score (nSPS) is 27.6. The van der Waals surface area contributed by atoms with Crippen molar-refractivity contribution in [3.63, 3.8) is 0 Å². The van der Waals surface area contributed by atoms with Crippen LogP contribution in [0.3, 0.4) is 0 Å². The highest BCUT2D eigenvalue weighted by atomic mass is 35.5. The van der Waals surface area contributed by atoms with Crippen LogP contribution in [0.4, 0.5) is 13.2 Å². The van der Waals surface area contributed by atoms with Crippen molar-refractivity contribution >= 4 is 21.6 Å². The van der Waals surface area contributed by atoms with Crippen LogP contribution in [-0.2, 0) is 16.2 Å². The first-order valence-corrected chi connectivity index (χ1v) is 10.1. The summed E-state index contributed by atoms with van der Waals surface area (Å²) in [5.74, 6) is 0.523. The van der Waals surface area contributed by atoms with Gasteiger partial charge < -0.3 is 5.32 Å². The maximum Gasteiger partial charge on any atom is 0.416 e. The highest BCUT2D eigenvalue weighted by molar-refractivity contribution is 7.89. The van der Waals surface area contributed by atoms with E-state index < -0.39 is 26.8 Å². The van der Waals surface area contributed by atoms with Gasteiger partial charge in [-0.3, -0.25) is 0 Å². The number of hydrogen-bond donors (Lipinski definition) is 1. The average Bonchev–Trinajstić information content (AvgIpc) is 3.08. The van der Waals surface area contributed by atoms with E-state index in [2.05, 4.69) is 5.32 Å². The molecular formula is C16H20ClF3N2O2S. The molecule has 140 valence electrons. The summed E-state index contributed by atoms with van der Waals surface area (Å²) in [7, 11) is -3.91. The van der Waals surface area contributed by atoms with Crippen LogP contribution in [0.15, 0.2) is 23.1 Å². The summed E-state index contributed by atoms with van der Waals surface area (Å²) in [6.07, 6.45) is -2.58. The van der Waals surface area contributed by atoms with Crippen LogP contribution in [0.2, 0.25) is 5.02 Å². The minimum absolute atomic E-state index is 0.239. The van der Waals surface area contributed by atoms with E-state index in [-0.39, 0.29) is 16.7 Å². The van der Waals surface area contributed by atoms with Crippen LogP contribution in [0.1, 0.15) is 25.3 Å². The van der Waals surface area contributed by atoms with Gasteiger partial charge in [0.25, 0.3) is 0 Å². The van der Waals surface area contributed by atoms with Gasteiger partial charge >= 0.3 is 6.18 Å². The van der Waals surface area contributed by atoms with Crippen molar-refractivity contribution in [1.82, 2.24) is 9.62 Å². The molecule has 3 atom stereocenters. The van der Waals surface area contributed by atoms with Crippen LogP contribution in [0.25, 0.3) is 0 Å². The Balaban J connectivity index is 1.84. The maximum absolute atomic E-state index is 12.9. The van der Waals surface area contributed by atoms with Crippen molar-refractivity contribution in [2.75, 3.05) is 19.6 Å². The van der Waals surface area contributed by atoms with Gasteiger partial charge in [0.2, 0.25) is 10.0 Å². The zero-order valence-electron chi connectivity index (χ0n) is 13.7. The molecule has 1 saturated heterocycles. The number of rotatable bonds is 4. The molecule has 0 amide bonds. The third-order valence-corrected chi connectivity index (χ3v) is 7.48. The molecule has 1 saturated carbocycles. The van der Waals surface area contributed by atoms with Crippen molar-refractivity contribution in [1.29, 1.82) is 0 Å². The molecule has 0 radical (unpaired) electrons. The van der Waals surface area contributed by atoms with E-state index in [4.69, 9.17) is 11.6 Å². The highest BCUT2D eigenvalue weighted by Gasteiger charge is 2.46. The third-order valence-electron chi connectivity index (χ3n) is 5.17. The van der Waals surface area contributed by atoms with Crippen molar-refractivity contribution in [2.45, 2.75) is 36.9 Å². The number of fused-ring (bicyclic) bond motifs is 1. The minimum atomic E-state index is -4.56. The van der Waals surface area contributed by atoms with E-state index in [0.29, 0.717) is 25.2 Å². The topological polar surface area (TPSA) is 49.4 Å². The first-order chi connectivity index (χ1) is 11.6. The van der Waals surface area contributed by atoms with Crippen molar-refractivity contribution in [2.24, 2.45) is 11.8 Å². The molecule has 1 aromatic carbocycles. The molecule has 0 bridgehead atoms. The second-order valence-corrected chi connectivity index (χ2v) is 8.94. The predicted molar refractivity (Wildman–Crippen MR) is 88.9 cm³/mol. The molecule has 1 heterocycles. The Kier molecular flexibility index (Phi) is 5.09.